The van der Waals surface area contributed by atoms with Gasteiger partial charge in [0.25, 0.3) is 0 Å². The molecule has 0 radical (unpaired) electrons. The van der Waals surface area contributed by atoms with Crippen LogP contribution in [0.5, 0.6) is 5.75 Å². The minimum atomic E-state index is -0.265. The molecular formula is C21H20N2O2S. The number of Topliss-reactive ketones (excluding diaryl/α,β-unsaturated/α-hetero) is 1. The van der Waals surface area contributed by atoms with E-state index in [4.69, 9.17) is 17.0 Å². The molecule has 1 atom stereocenters. The molecular weight excluding hydrogens is 344 g/mol. The van der Waals surface area contributed by atoms with Gasteiger partial charge in [0.15, 0.2) is 10.9 Å². The zero-order chi connectivity index (χ0) is 17.9. The van der Waals surface area contributed by atoms with Gasteiger partial charge in [-0.3, -0.25) is 4.79 Å². The van der Waals surface area contributed by atoms with E-state index in [9.17, 15) is 4.79 Å². The van der Waals surface area contributed by atoms with Crippen molar-refractivity contribution in [3.05, 3.63) is 77.0 Å². The third-order valence-corrected chi connectivity index (χ3v) is 4.97. The maximum absolute atomic E-state index is 12.6. The zero-order valence-electron chi connectivity index (χ0n) is 14.3. The Labute approximate surface area is 158 Å². The Morgan fingerprint density at radius 1 is 1.04 bits per heavy atom. The Bertz CT molecular complexity index is 877. The maximum Gasteiger partial charge on any atom is 0.171 e. The number of rotatable bonds is 4. The highest BCUT2D eigenvalue weighted by molar-refractivity contribution is 7.80. The lowest BCUT2D eigenvalue weighted by Gasteiger charge is -2.34. The molecule has 0 saturated carbocycles. The van der Waals surface area contributed by atoms with Gasteiger partial charge in [-0.1, -0.05) is 48.5 Å². The van der Waals surface area contributed by atoms with Crippen LogP contribution in [0.1, 0.15) is 36.4 Å². The summed E-state index contributed by atoms with van der Waals surface area (Å²) < 4.78 is 6.09. The van der Waals surface area contributed by atoms with Crippen LogP contribution < -0.4 is 15.4 Å². The lowest BCUT2D eigenvalue weighted by atomic mass is 9.85. The van der Waals surface area contributed by atoms with Crippen LogP contribution in [-0.4, -0.2) is 10.9 Å². The normalized spacial score (nSPS) is 19.5. The molecule has 132 valence electrons. The third kappa shape index (κ3) is 3.35. The summed E-state index contributed by atoms with van der Waals surface area (Å²) in [5, 5.41) is 6.98. The molecule has 26 heavy (non-hydrogen) atoms. The molecule has 4 nitrogen and oxygen atoms in total. The van der Waals surface area contributed by atoms with E-state index in [1.165, 1.54) is 0 Å². The summed E-state index contributed by atoms with van der Waals surface area (Å²) in [5.41, 5.74) is 3.79. The summed E-state index contributed by atoms with van der Waals surface area (Å²) in [6.45, 7) is 0.479. The van der Waals surface area contributed by atoms with Crippen LogP contribution in [0, 0.1) is 0 Å². The maximum atomic E-state index is 12.6. The Balaban J connectivity index is 1.66. The smallest absolute Gasteiger partial charge is 0.171 e. The van der Waals surface area contributed by atoms with Crippen LogP contribution >= 0.6 is 12.2 Å². The number of hydrogen-bond acceptors (Lipinski definition) is 3. The van der Waals surface area contributed by atoms with Gasteiger partial charge in [-0.05, 0) is 36.7 Å². The predicted octanol–water partition coefficient (Wildman–Crippen LogP) is 3.79. The van der Waals surface area contributed by atoms with E-state index < -0.39 is 0 Å². The molecule has 1 aliphatic carbocycles. The van der Waals surface area contributed by atoms with Crippen LogP contribution in [0.25, 0.3) is 0 Å². The average Bonchev–Trinajstić information content (AvgIpc) is 2.67. The van der Waals surface area contributed by atoms with Gasteiger partial charge in [-0.25, -0.2) is 0 Å². The predicted molar refractivity (Wildman–Crippen MR) is 105 cm³/mol. The fourth-order valence-electron chi connectivity index (χ4n) is 3.52. The Hall–Kier alpha value is -2.66. The number of ether oxygens (including phenoxy) is 1. The van der Waals surface area contributed by atoms with Gasteiger partial charge in [0.1, 0.15) is 12.4 Å². The Morgan fingerprint density at radius 3 is 2.65 bits per heavy atom. The highest BCUT2D eigenvalue weighted by Gasteiger charge is 2.34. The first-order chi connectivity index (χ1) is 12.7. The summed E-state index contributed by atoms with van der Waals surface area (Å²) in [5.74, 6) is 0.945. The first kappa shape index (κ1) is 16.8. The SMILES string of the molecule is O=C1CCCC2=C1C(c1ccccc1OCc1ccccc1)NC(=S)N2. The molecule has 0 spiro atoms. The molecule has 2 aliphatic rings. The Kier molecular flexibility index (Phi) is 4.71. The number of ketones is 1. The molecule has 5 heteroatoms. The molecule has 4 rings (SSSR count). The number of thiocarbonyl (C=S) groups is 1. The molecule has 0 saturated heterocycles. The number of para-hydroxylation sites is 1. The van der Waals surface area contributed by atoms with E-state index in [1.807, 2.05) is 54.6 Å². The second-order valence-electron chi connectivity index (χ2n) is 6.51. The van der Waals surface area contributed by atoms with Crippen LogP contribution in [-0.2, 0) is 11.4 Å². The van der Waals surface area contributed by atoms with Crippen molar-refractivity contribution in [1.82, 2.24) is 10.6 Å². The van der Waals surface area contributed by atoms with Crippen molar-refractivity contribution in [3.8, 4) is 5.75 Å². The number of allylic oxidation sites excluding steroid dienone is 1. The molecule has 0 fully saturated rings. The van der Waals surface area contributed by atoms with Gasteiger partial charge in [0.2, 0.25) is 0 Å². The van der Waals surface area contributed by atoms with Crippen LogP contribution in [0.2, 0.25) is 0 Å². The van der Waals surface area contributed by atoms with Crippen molar-refractivity contribution >= 4 is 23.1 Å². The molecule has 2 aromatic rings. The number of benzene rings is 2. The van der Waals surface area contributed by atoms with E-state index in [0.29, 0.717) is 18.1 Å². The highest BCUT2D eigenvalue weighted by Crippen LogP contribution is 2.37. The molecule has 0 bridgehead atoms. The lowest BCUT2D eigenvalue weighted by Crippen LogP contribution is -2.46. The van der Waals surface area contributed by atoms with E-state index in [-0.39, 0.29) is 11.8 Å². The lowest BCUT2D eigenvalue weighted by molar-refractivity contribution is -0.116. The minimum absolute atomic E-state index is 0.177. The van der Waals surface area contributed by atoms with Crippen molar-refractivity contribution in [1.29, 1.82) is 0 Å². The second kappa shape index (κ2) is 7.30. The monoisotopic (exact) mass is 364 g/mol. The van der Waals surface area contributed by atoms with Gasteiger partial charge >= 0.3 is 0 Å². The largest absolute Gasteiger partial charge is 0.489 e. The highest BCUT2D eigenvalue weighted by atomic mass is 32.1. The van der Waals surface area contributed by atoms with Crippen LogP contribution in [0.4, 0.5) is 0 Å². The quantitative estimate of drug-likeness (QED) is 0.809. The minimum Gasteiger partial charge on any atom is -0.489 e. The standard InChI is InChI=1S/C21H20N2O2S/c24-17-11-6-10-16-19(17)20(23-21(26)22-16)15-9-4-5-12-18(15)25-13-14-7-2-1-3-8-14/h1-5,7-9,12,20H,6,10-11,13H2,(H2,22,23,26). The fourth-order valence-corrected chi connectivity index (χ4v) is 3.76. The number of hydrogen-bond donors (Lipinski definition) is 2. The summed E-state index contributed by atoms with van der Waals surface area (Å²) >= 11 is 5.37. The van der Waals surface area contributed by atoms with E-state index in [1.54, 1.807) is 0 Å². The summed E-state index contributed by atoms with van der Waals surface area (Å²) in [6, 6.07) is 17.6. The molecule has 2 N–H and O–H groups in total. The van der Waals surface area contributed by atoms with Gasteiger partial charge in [0.05, 0.1) is 6.04 Å². The number of nitrogens with one attached hydrogen (secondary N) is 2. The summed E-state index contributed by atoms with van der Waals surface area (Å²) in [7, 11) is 0. The second-order valence-corrected chi connectivity index (χ2v) is 6.92. The van der Waals surface area contributed by atoms with E-state index in [2.05, 4.69) is 10.6 Å². The molecule has 0 aromatic heterocycles. The van der Waals surface area contributed by atoms with E-state index in [0.717, 1.165) is 41.0 Å². The third-order valence-electron chi connectivity index (χ3n) is 4.75. The first-order valence-electron chi connectivity index (χ1n) is 8.82. The van der Waals surface area contributed by atoms with Gasteiger partial charge in [-0.15, -0.1) is 0 Å². The molecule has 1 aliphatic heterocycles. The molecule has 2 aromatic carbocycles. The number of carbonyl (C=O) groups excluding carboxylic acids is 1. The van der Waals surface area contributed by atoms with Gasteiger partial charge in [0, 0.05) is 23.3 Å². The summed E-state index contributed by atoms with van der Waals surface area (Å²) in [4.78, 5) is 12.6. The molecule has 0 amide bonds. The molecule has 1 heterocycles. The van der Waals surface area contributed by atoms with Crippen LogP contribution in [0.15, 0.2) is 65.9 Å². The van der Waals surface area contributed by atoms with Crippen molar-refractivity contribution in [2.24, 2.45) is 0 Å². The first-order valence-corrected chi connectivity index (χ1v) is 9.22. The van der Waals surface area contributed by atoms with Crippen molar-refractivity contribution in [2.45, 2.75) is 31.9 Å². The zero-order valence-corrected chi connectivity index (χ0v) is 15.1. The number of carbonyl (C=O) groups is 1. The Morgan fingerprint density at radius 2 is 1.81 bits per heavy atom. The van der Waals surface area contributed by atoms with Crippen molar-refractivity contribution in [3.63, 3.8) is 0 Å². The fraction of sp³-hybridized carbons (Fsp3) is 0.238. The van der Waals surface area contributed by atoms with Crippen molar-refractivity contribution < 1.29 is 9.53 Å². The topological polar surface area (TPSA) is 50.4 Å². The van der Waals surface area contributed by atoms with E-state index >= 15 is 0 Å². The van der Waals surface area contributed by atoms with Crippen LogP contribution in [0.3, 0.4) is 0 Å². The van der Waals surface area contributed by atoms with Crippen molar-refractivity contribution in [2.75, 3.05) is 0 Å². The van der Waals surface area contributed by atoms with Gasteiger partial charge < -0.3 is 15.4 Å². The molecule has 1 unspecified atom stereocenters. The average molecular weight is 364 g/mol. The summed E-state index contributed by atoms with van der Waals surface area (Å²) in [6.07, 6.45) is 2.30. The van der Waals surface area contributed by atoms with Gasteiger partial charge in [-0.2, -0.15) is 0 Å².